The fraction of sp³-hybridized carbons (Fsp3) is 0.312. The Hall–Kier alpha value is -2.27. The van der Waals surface area contributed by atoms with Crippen molar-refractivity contribution in [3.8, 4) is 11.4 Å². The number of aliphatic hydroxyl groups is 1. The maximum absolute atomic E-state index is 11.9. The van der Waals surface area contributed by atoms with Crippen LogP contribution in [0.5, 0.6) is 0 Å². The number of hydrogen-bond donors (Lipinski definition) is 2. The molecule has 1 aromatic carbocycles. The predicted octanol–water partition coefficient (Wildman–Crippen LogP) is 2.03. The molecule has 0 saturated carbocycles. The fourth-order valence-corrected chi connectivity index (χ4v) is 1.84. The zero-order valence-electron chi connectivity index (χ0n) is 12.0. The van der Waals surface area contributed by atoms with Crippen LogP contribution in [0, 0.1) is 0 Å². The Morgan fingerprint density at radius 3 is 2.52 bits per heavy atom. The summed E-state index contributed by atoms with van der Waals surface area (Å²) < 4.78 is 0. The Labute approximate surface area is 124 Å². The number of carbonyl (C=O) groups is 1. The van der Waals surface area contributed by atoms with Crippen molar-refractivity contribution in [3.05, 3.63) is 48.3 Å². The van der Waals surface area contributed by atoms with Gasteiger partial charge in [0.25, 0.3) is 5.91 Å². The lowest BCUT2D eigenvalue weighted by Crippen LogP contribution is -2.27. The maximum Gasteiger partial charge on any atom is 0.254 e. The molecule has 110 valence electrons. The highest BCUT2D eigenvalue weighted by Gasteiger charge is 2.08. The van der Waals surface area contributed by atoms with Gasteiger partial charge in [-0.05, 0) is 12.8 Å². The number of rotatable bonds is 6. The van der Waals surface area contributed by atoms with Crippen molar-refractivity contribution >= 4 is 5.91 Å². The van der Waals surface area contributed by atoms with Crippen molar-refractivity contribution < 1.29 is 9.90 Å². The molecule has 2 N–H and O–H groups in total. The number of nitrogens with one attached hydrogen (secondary N) is 1. The molecule has 1 atom stereocenters. The number of nitrogens with zero attached hydrogens (tertiary/aromatic N) is 2. The lowest BCUT2D eigenvalue weighted by Gasteiger charge is -2.08. The summed E-state index contributed by atoms with van der Waals surface area (Å²) in [6.45, 7) is 2.34. The van der Waals surface area contributed by atoms with Crippen LogP contribution < -0.4 is 5.32 Å². The predicted molar refractivity (Wildman–Crippen MR) is 80.7 cm³/mol. The highest BCUT2D eigenvalue weighted by atomic mass is 16.3. The minimum atomic E-state index is -0.373. The Bertz CT molecular complexity index is 570. The standard InChI is InChI=1S/C16H19N3O2/c1-2-14(20)8-9-17-16(21)13-10-18-15(19-11-13)12-6-4-3-5-7-12/h3-7,10-11,14,20H,2,8-9H2,1H3,(H,17,21). The van der Waals surface area contributed by atoms with Crippen molar-refractivity contribution in [2.75, 3.05) is 6.54 Å². The summed E-state index contributed by atoms with van der Waals surface area (Å²) in [7, 11) is 0. The zero-order valence-corrected chi connectivity index (χ0v) is 12.0. The molecule has 2 aromatic rings. The second-order valence-electron chi connectivity index (χ2n) is 4.77. The molecule has 0 bridgehead atoms. The Morgan fingerprint density at radius 1 is 1.24 bits per heavy atom. The largest absolute Gasteiger partial charge is 0.393 e. The molecule has 5 heteroatoms. The van der Waals surface area contributed by atoms with Gasteiger partial charge in [-0.3, -0.25) is 4.79 Å². The van der Waals surface area contributed by atoms with Crippen LogP contribution in [0.4, 0.5) is 0 Å². The average molecular weight is 285 g/mol. The van der Waals surface area contributed by atoms with Crippen LogP contribution in [0.15, 0.2) is 42.7 Å². The number of benzene rings is 1. The van der Waals surface area contributed by atoms with E-state index < -0.39 is 0 Å². The van der Waals surface area contributed by atoms with E-state index in [1.165, 1.54) is 12.4 Å². The molecule has 0 fully saturated rings. The quantitative estimate of drug-likeness (QED) is 0.851. The topological polar surface area (TPSA) is 75.1 Å². The highest BCUT2D eigenvalue weighted by molar-refractivity contribution is 5.93. The molecule has 0 aliphatic heterocycles. The normalized spacial score (nSPS) is 11.9. The molecule has 1 aromatic heterocycles. The Kier molecular flexibility index (Phi) is 5.40. The van der Waals surface area contributed by atoms with E-state index in [-0.39, 0.29) is 12.0 Å². The first-order valence-corrected chi connectivity index (χ1v) is 7.04. The Morgan fingerprint density at radius 2 is 1.90 bits per heavy atom. The molecule has 21 heavy (non-hydrogen) atoms. The van der Waals surface area contributed by atoms with E-state index in [4.69, 9.17) is 0 Å². The van der Waals surface area contributed by atoms with Gasteiger partial charge in [-0.25, -0.2) is 9.97 Å². The van der Waals surface area contributed by atoms with Gasteiger partial charge < -0.3 is 10.4 Å². The van der Waals surface area contributed by atoms with Gasteiger partial charge in [-0.1, -0.05) is 37.3 Å². The average Bonchev–Trinajstić information content (AvgIpc) is 2.55. The summed E-state index contributed by atoms with van der Waals surface area (Å²) in [5.41, 5.74) is 1.33. The third-order valence-electron chi connectivity index (χ3n) is 3.18. The minimum absolute atomic E-state index is 0.224. The van der Waals surface area contributed by atoms with Gasteiger partial charge in [0, 0.05) is 24.5 Å². The van der Waals surface area contributed by atoms with Gasteiger partial charge in [0.2, 0.25) is 0 Å². The van der Waals surface area contributed by atoms with Gasteiger partial charge in [0.05, 0.1) is 11.7 Å². The van der Waals surface area contributed by atoms with E-state index >= 15 is 0 Å². The summed E-state index contributed by atoms with van der Waals surface area (Å²) in [6, 6.07) is 9.59. The van der Waals surface area contributed by atoms with Crippen LogP contribution in [0.1, 0.15) is 30.1 Å². The van der Waals surface area contributed by atoms with Gasteiger partial charge in [0.15, 0.2) is 5.82 Å². The van der Waals surface area contributed by atoms with Gasteiger partial charge in [-0.15, -0.1) is 0 Å². The van der Waals surface area contributed by atoms with E-state index in [9.17, 15) is 9.90 Å². The second-order valence-corrected chi connectivity index (χ2v) is 4.77. The first-order valence-electron chi connectivity index (χ1n) is 7.04. The maximum atomic E-state index is 11.9. The van der Waals surface area contributed by atoms with E-state index in [0.29, 0.717) is 30.8 Å². The van der Waals surface area contributed by atoms with E-state index in [2.05, 4.69) is 15.3 Å². The van der Waals surface area contributed by atoms with Crippen molar-refractivity contribution in [1.82, 2.24) is 15.3 Å². The molecule has 0 spiro atoms. The van der Waals surface area contributed by atoms with E-state index in [0.717, 1.165) is 5.56 Å². The van der Waals surface area contributed by atoms with Crippen LogP contribution in [-0.4, -0.2) is 33.6 Å². The fourth-order valence-electron chi connectivity index (χ4n) is 1.84. The number of aromatic nitrogens is 2. The Balaban J connectivity index is 1.94. The summed E-state index contributed by atoms with van der Waals surface area (Å²) >= 11 is 0. The lowest BCUT2D eigenvalue weighted by molar-refractivity contribution is 0.0941. The molecule has 0 aliphatic carbocycles. The molecule has 1 unspecified atom stereocenters. The third-order valence-corrected chi connectivity index (χ3v) is 3.18. The molecular formula is C16H19N3O2. The first-order chi connectivity index (χ1) is 10.2. The first kappa shape index (κ1) is 15.1. The molecule has 1 heterocycles. The zero-order chi connectivity index (χ0) is 15.1. The lowest BCUT2D eigenvalue weighted by atomic mass is 10.2. The summed E-state index contributed by atoms with van der Waals surface area (Å²) in [5.74, 6) is 0.367. The van der Waals surface area contributed by atoms with Crippen molar-refractivity contribution in [1.29, 1.82) is 0 Å². The van der Waals surface area contributed by atoms with Crippen LogP contribution >= 0.6 is 0 Å². The summed E-state index contributed by atoms with van der Waals surface area (Å²) in [5, 5.41) is 12.2. The molecular weight excluding hydrogens is 266 g/mol. The smallest absolute Gasteiger partial charge is 0.254 e. The number of aliphatic hydroxyl groups excluding tert-OH is 1. The van der Waals surface area contributed by atoms with Crippen molar-refractivity contribution in [2.45, 2.75) is 25.9 Å². The summed E-state index contributed by atoms with van der Waals surface area (Å²) in [4.78, 5) is 20.3. The number of hydrogen-bond acceptors (Lipinski definition) is 4. The molecule has 1 amide bonds. The molecule has 5 nitrogen and oxygen atoms in total. The summed E-state index contributed by atoms with van der Waals surface area (Å²) in [6.07, 6.45) is 3.89. The van der Waals surface area contributed by atoms with Gasteiger partial charge in [-0.2, -0.15) is 0 Å². The van der Waals surface area contributed by atoms with Crippen LogP contribution in [0.2, 0.25) is 0 Å². The minimum Gasteiger partial charge on any atom is -0.393 e. The highest BCUT2D eigenvalue weighted by Crippen LogP contribution is 2.13. The van der Waals surface area contributed by atoms with E-state index in [1.807, 2.05) is 37.3 Å². The monoisotopic (exact) mass is 285 g/mol. The van der Waals surface area contributed by atoms with Crippen LogP contribution in [-0.2, 0) is 0 Å². The molecule has 2 rings (SSSR count). The molecule has 0 radical (unpaired) electrons. The third kappa shape index (κ3) is 4.36. The number of carbonyl (C=O) groups excluding carboxylic acids is 1. The van der Waals surface area contributed by atoms with E-state index in [1.54, 1.807) is 0 Å². The second kappa shape index (κ2) is 7.50. The molecule has 0 saturated heterocycles. The van der Waals surface area contributed by atoms with Crippen LogP contribution in [0.25, 0.3) is 11.4 Å². The SMILES string of the molecule is CCC(O)CCNC(=O)c1cnc(-c2ccccc2)nc1. The van der Waals surface area contributed by atoms with Crippen LogP contribution in [0.3, 0.4) is 0 Å². The van der Waals surface area contributed by atoms with Crippen molar-refractivity contribution in [3.63, 3.8) is 0 Å². The molecule has 0 aliphatic rings. The van der Waals surface area contributed by atoms with Gasteiger partial charge >= 0.3 is 0 Å². The number of amides is 1. The van der Waals surface area contributed by atoms with Crippen molar-refractivity contribution in [2.24, 2.45) is 0 Å². The van der Waals surface area contributed by atoms with Gasteiger partial charge in [0.1, 0.15) is 0 Å².